The molecule has 0 amide bonds. The largest absolute Gasteiger partial charge is 0.328 e. The molecule has 0 spiro atoms. The number of aromatic nitrogens is 2. The molecule has 0 saturated carbocycles. The molecular formula is C11H7N3O. The Morgan fingerprint density at radius 3 is 2.87 bits per heavy atom. The van der Waals surface area contributed by atoms with Crippen molar-refractivity contribution in [2.75, 3.05) is 0 Å². The molecule has 0 atom stereocenters. The third kappa shape index (κ3) is 1.63. The summed E-state index contributed by atoms with van der Waals surface area (Å²) in [5.41, 5.74) is 0.888. The van der Waals surface area contributed by atoms with Crippen molar-refractivity contribution in [2.24, 2.45) is 0 Å². The Bertz CT molecular complexity index is 566. The smallest absolute Gasteiger partial charge is 0.266 e. The summed E-state index contributed by atoms with van der Waals surface area (Å²) in [5, 5.41) is 8.86. The molecule has 2 rings (SSSR count). The molecule has 2 aromatic rings. The molecule has 0 bridgehead atoms. The van der Waals surface area contributed by atoms with Crippen LogP contribution in [0.15, 0.2) is 41.5 Å². The van der Waals surface area contributed by atoms with Crippen molar-refractivity contribution in [3.8, 4) is 17.3 Å². The van der Waals surface area contributed by atoms with Crippen molar-refractivity contribution in [1.82, 2.24) is 9.97 Å². The van der Waals surface area contributed by atoms with Crippen molar-refractivity contribution in [2.45, 2.75) is 0 Å². The maximum Gasteiger partial charge on any atom is 0.266 e. The lowest BCUT2D eigenvalue weighted by atomic mass is 10.1. The van der Waals surface area contributed by atoms with Crippen molar-refractivity contribution < 1.29 is 0 Å². The summed E-state index contributed by atoms with van der Waals surface area (Å²) in [7, 11) is 0. The van der Waals surface area contributed by atoms with Gasteiger partial charge >= 0.3 is 0 Å². The summed E-state index contributed by atoms with van der Waals surface area (Å²) in [6, 6.07) is 8.90. The van der Waals surface area contributed by atoms with Gasteiger partial charge in [-0.05, 0) is 18.2 Å². The molecule has 0 radical (unpaired) electrons. The van der Waals surface area contributed by atoms with Gasteiger partial charge in [-0.2, -0.15) is 5.26 Å². The van der Waals surface area contributed by atoms with Crippen LogP contribution < -0.4 is 5.56 Å². The molecule has 4 nitrogen and oxygen atoms in total. The molecule has 0 saturated heterocycles. The Morgan fingerprint density at radius 2 is 2.20 bits per heavy atom. The van der Waals surface area contributed by atoms with Crippen LogP contribution in [0.4, 0.5) is 0 Å². The van der Waals surface area contributed by atoms with Crippen LogP contribution in [0.2, 0.25) is 0 Å². The molecule has 4 heteroatoms. The average molecular weight is 197 g/mol. The first kappa shape index (κ1) is 9.16. The molecule has 0 aliphatic heterocycles. The fourth-order valence-electron chi connectivity index (χ4n) is 1.33. The molecular weight excluding hydrogens is 190 g/mol. The highest BCUT2D eigenvalue weighted by Gasteiger charge is 2.08. The number of pyridine rings is 2. The number of H-pyrrole nitrogens is 1. The van der Waals surface area contributed by atoms with E-state index in [0.29, 0.717) is 11.3 Å². The Morgan fingerprint density at radius 1 is 1.33 bits per heavy atom. The second kappa shape index (κ2) is 3.76. The van der Waals surface area contributed by atoms with E-state index in [0.717, 1.165) is 0 Å². The number of nitrogens with zero attached hydrogens (tertiary/aromatic N) is 2. The molecule has 0 fully saturated rings. The summed E-state index contributed by atoms with van der Waals surface area (Å²) in [5.74, 6) is 0. The molecule has 15 heavy (non-hydrogen) atoms. The van der Waals surface area contributed by atoms with Crippen molar-refractivity contribution in [3.05, 3.63) is 52.6 Å². The number of aromatic amines is 1. The zero-order valence-corrected chi connectivity index (χ0v) is 7.77. The van der Waals surface area contributed by atoms with Gasteiger partial charge in [0, 0.05) is 18.0 Å². The minimum Gasteiger partial charge on any atom is -0.328 e. The minimum atomic E-state index is -0.388. The highest BCUT2D eigenvalue weighted by molar-refractivity contribution is 5.65. The third-order valence-electron chi connectivity index (χ3n) is 2.01. The number of hydrogen-bond acceptors (Lipinski definition) is 3. The standard InChI is InChI=1S/C11H7N3O/c12-7-9-8(4-6-14-11(9)15)10-3-1-2-5-13-10/h1-6H,(H,14,15). The molecule has 0 unspecified atom stereocenters. The van der Waals surface area contributed by atoms with Gasteiger partial charge in [-0.3, -0.25) is 9.78 Å². The van der Waals surface area contributed by atoms with Crippen LogP contribution in [-0.2, 0) is 0 Å². The van der Waals surface area contributed by atoms with E-state index in [1.165, 1.54) is 6.20 Å². The molecule has 0 aliphatic rings. The predicted molar refractivity (Wildman–Crippen MR) is 55.0 cm³/mol. The van der Waals surface area contributed by atoms with E-state index in [9.17, 15) is 4.79 Å². The molecule has 2 heterocycles. The van der Waals surface area contributed by atoms with E-state index in [1.54, 1.807) is 24.4 Å². The van der Waals surface area contributed by atoms with Gasteiger partial charge in [0.1, 0.15) is 11.6 Å². The van der Waals surface area contributed by atoms with Gasteiger partial charge in [0.25, 0.3) is 5.56 Å². The predicted octanol–water partition coefficient (Wildman–Crippen LogP) is 1.31. The topological polar surface area (TPSA) is 69.5 Å². The molecule has 2 aromatic heterocycles. The Balaban J connectivity index is 2.70. The Kier molecular flexibility index (Phi) is 2.30. The van der Waals surface area contributed by atoms with E-state index >= 15 is 0 Å². The first-order chi connectivity index (χ1) is 7.33. The van der Waals surface area contributed by atoms with Gasteiger partial charge in [0.05, 0.1) is 5.69 Å². The normalized spacial score (nSPS) is 9.53. The molecule has 0 aliphatic carbocycles. The first-order valence-electron chi connectivity index (χ1n) is 4.36. The fraction of sp³-hybridized carbons (Fsp3) is 0. The van der Waals surface area contributed by atoms with Gasteiger partial charge < -0.3 is 4.98 Å². The third-order valence-corrected chi connectivity index (χ3v) is 2.01. The molecule has 1 N–H and O–H groups in total. The van der Waals surface area contributed by atoms with Crippen LogP contribution in [-0.4, -0.2) is 9.97 Å². The summed E-state index contributed by atoms with van der Waals surface area (Å²) < 4.78 is 0. The van der Waals surface area contributed by atoms with Gasteiger partial charge in [-0.15, -0.1) is 0 Å². The summed E-state index contributed by atoms with van der Waals surface area (Å²) in [6.07, 6.45) is 3.13. The van der Waals surface area contributed by atoms with E-state index in [4.69, 9.17) is 5.26 Å². The SMILES string of the molecule is N#Cc1c(-c2ccccn2)cc[nH]c1=O. The van der Waals surface area contributed by atoms with E-state index in [-0.39, 0.29) is 11.1 Å². The lowest BCUT2D eigenvalue weighted by molar-refractivity contribution is 1.20. The van der Waals surface area contributed by atoms with Crippen LogP contribution in [0.3, 0.4) is 0 Å². The van der Waals surface area contributed by atoms with Gasteiger partial charge in [0.15, 0.2) is 0 Å². The highest BCUT2D eigenvalue weighted by atomic mass is 16.1. The number of rotatable bonds is 1. The Labute approximate surface area is 85.8 Å². The zero-order chi connectivity index (χ0) is 10.7. The van der Waals surface area contributed by atoms with Gasteiger partial charge in [-0.25, -0.2) is 0 Å². The maximum absolute atomic E-state index is 11.3. The van der Waals surface area contributed by atoms with Crippen LogP contribution in [0.25, 0.3) is 11.3 Å². The Hall–Kier alpha value is -2.41. The van der Waals surface area contributed by atoms with Crippen LogP contribution in [0, 0.1) is 11.3 Å². The maximum atomic E-state index is 11.3. The van der Waals surface area contributed by atoms with E-state index in [2.05, 4.69) is 9.97 Å². The monoisotopic (exact) mass is 197 g/mol. The average Bonchev–Trinajstić information content (AvgIpc) is 2.30. The van der Waals surface area contributed by atoms with Gasteiger partial charge in [-0.1, -0.05) is 6.07 Å². The van der Waals surface area contributed by atoms with Crippen molar-refractivity contribution in [3.63, 3.8) is 0 Å². The lowest BCUT2D eigenvalue weighted by Crippen LogP contribution is -2.10. The quantitative estimate of drug-likeness (QED) is 0.749. The highest BCUT2D eigenvalue weighted by Crippen LogP contribution is 2.16. The van der Waals surface area contributed by atoms with E-state index in [1.807, 2.05) is 12.1 Å². The summed E-state index contributed by atoms with van der Waals surface area (Å²) in [6.45, 7) is 0. The van der Waals surface area contributed by atoms with Crippen LogP contribution in [0.1, 0.15) is 5.56 Å². The van der Waals surface area contributed by atoms with Crippen molar-refractivity contribution in [1.29, 1.82) is 5.26 Å². The molecule has 0 aromatic carbocycles. The molecule has 72 valence electrons. The minimum absolute atomic E-state index is 0.0937. The summed E-state index contributed by atoms with van der Waals surface area (Å²) >= 11 is 0. The fourth-order valence-corrected chi connectivity index (χ4v) is 1.33. The number of nitriles is 1. The zero-order valence-electron chi connectivity index (χ0n) is 7.77. The van der Waals surface area contributed by atoms with E-state index < -0.39 is 0 Å². The summed E-state index contributed by atoms with van der Waals surface area (Å²) in [4.78, 5) is 17.9. The lowest BCUT2D eigenvalue weighted by Gasteiger charge is -2.00. The second-order valence-electron chi connectivity index (χ2n) is 2.92. The first-order valence-corrected chi connectivity index (χ1v) is 4.36. The van der Waals surface area contributed by atoms with Gasteiger partial charge in [0.2, 0.25) is 0 Å². The van der Waals surface area contributed by atoms with Crippen LogP contribution >= 0.6 is 0 Å². The van der Waals surface area contributed by atoms with Crippen molar-refractivity contribution >= 4 is 0 Å². The van der Waals surface area contributed by atoms with Crippen LogP contribution in [0.5, 0.6) is 0 Å². The number of hydrogen-bond donors (Lipinski definition) is 1. The number of nitrogens with one attached hydrogen (secondary N) is 1. The second-order valence-corrected chi connectivity index (χ2v) is 2.92.